The third-order valence-electron chi connectivity index (χ3n) is 5.45. The molecule has 0 bridgehead atoms. The van der Waals surface area contributed by atoms with E-state index in [1.54, 1.807) is 24.3 Å². The van der Waals surface area contributed by atoms with E-state index in [0.29, 0.717) is 16.7 Å². The molecule has 10 nitrogen and oxygen atoms in total. The number of hydrogen-bond donors (Lipinski definition) is 3. The summed E-state index contributed by atoms with van der Waals surface area (Å²) in [6, 6.07) is 10.4. The van der Waals surface area contributed by atoms with Crippen molar-refractivity contribution in [1.82, 2.24) is 19.7 Å². The molecule has 1 aromatic carbocycles. The predicted molar refractivity (Wildman–Crippen MR) is 130 cm³/mol. The van der Waals surface area contributed by atoms with Crippen LogP contribution < -0.4 is 16.4 Å². The molecular formula is C23H26ClN7O3. The van der Waals surface area contributed by atoms with E-state index < -0.39 is 5.91 Å². The van der Waals surface area contributed by atoms with Crippen LogP contribution >= 0.6 is 11.6 Å². The van der Waals surface area contributed by atoms with Crippen molar-refractivity contribution in [3.63, 3.8) is 0 Å². The van der Waals surface area contributed by atoms with Crippen molar-refractivity contribution in [2.45, 2.75) is 38.8 Å². The van der Waals surface area contributed by atoms with Crippen molar-refractivity contribution >= 4 is 51.7 Å². The molecular weight excluding hydrogens is 458 g/mol. The molecule has 2 aromatic heterocycles. The summed E-state index contributed by atoms with van der Waals surface area (Å²) < 4.78 is 1.47. The fraction of sp³-hybridized carbons (Fsp3) is 0.348. The van der Waals surface area contributed by atoms with Gasteiger partial charge in [-0.15, -0.1) is 0 Å². The molecule has 4 rings (SSSR count). The first-order valence-corrected chi connectivity index (χ1v) is 11.5. The van der Waals surface area contributed by atoms with Crippen LogP contribution in [0.4, 0.5) is 11.5 Å². The second kappa shape index (κ2) is 10.1. The molecule has 1 fully saturated rings. The number of nitrogens with two attached hydrogens (primary N) is 1. The van der Waals surface area contributed by atoms with Crippen LogP contribution in [-0.4, -0.2) is 56.5 Å². The first kappa shape index (κ1) is 23.5. The van der Waals surface area contributed by atoms with Gasteiger partial charge in [0.2, 0.25) is 11.8 Å². The monoisotopic (exact) mass is 483 g/mol. The van der Waals surface area contributed by atoms with Crippen LogP contribution in [0.25, 0.3) is 10.9 Å². The van der Waals surface area contributed by atoms with E-state index in [4.69, 9.17) is 17.3 Å². The van der Waals surface area contributed by atoms with Gasteiger partial charge in [0.1, 0.15) is 24.1 Å². The predicted octanol–water partition coefficient (Wildman–Crippen LogP) is 2.64. The van der Waals surface area contributed by atoms with Crippen molar-refractivity contribution in [2.24, 2.45) is 5.73 Å². The van der Waals surface area contributed by atoms with Crippen LogP contribution in [0.5, 0.6) is 0 Å². The van der Waals surface area contributed by atoms with Gasteiger partial charge >= 0.3 is 0 Å². The number of amides is 3. The van der Waals surface area contributed by atoms with E-state index in [0.717, 1.165) is 31.5 Å². The number of carbonyl (C=O) groups excluding carboxylic acids is 3. The summed E-state index contributed by atoms with van der Waals surface area (Å²) in [5.74, 6) is -0.997. The number of primary amides is 1. The number of nitrogens with one attached hydrogen (secondary N) is 2. The smallest absolute Gasteiger partial charge is 0.269 e. The average molecular weight is 484 g/mol. The second-order valence-corrected chi connectivity index (χ2v) is 8.56. The minimum absolute atomic E-state index is 0.00945. The van der Waals surface area contributed by atoms with Gasteiger partial charge in [0.05, 0.1) is 5.52 Å². The Morgan fingerprint density at radius 2 is 2.03 bits per heavy atom. The Kier molecular flexibility index (Phi) is 6.97. The maximum atomic E-state index is 13.2. The highest BCUT2D eigenvalue weighted by Gasteiger charge is 2.34. The zero-order valence-corrected chi connectivity index (χ0v) is 19.5. The van der Waals surface area contributed by atoms with Crippen molar-refractivity contribution < 1.29 is 14.4 Å². The third kappa shape index (κ3) is 5.45. The number of anilines is 2. The lowest BCUT2D eigenvalue weighted by atomic mass is 10.2. The van der Waals surface area contributed by atoms with E-state index in [2.05, 4.69) is 27.6 Å². The number of nitrogens with zero attached hydrogens (tertiary/aromatic N) is 4. The van der Waals surface area contributed by atoms with Crippen LogP contribution in [-0.2, 0) is 16.1 Å². The molecule has 0 spiro atoms. The van der Waals surface area contributed by atoms with Crippen LogP contribution in [0, 0.1) is 0 Å². The number of pyridine rings is 1. The maximum Gasteiger partial charge on any atom is 0.269 e. The Morgan fingerprint density at radius 3 is 2.71 bits per heavy atom. The van der Waals surface area contributed by atoms with Crippen molar-refractivity contribution in [3.05, 3.63) is 47.2 Å². The highest BCUT2D eigenvalue weighted by atomic mass is 35.5. The van der Waals surface area contributed by atoms with Gasteiger partial charge in [-0.3, -0.25) is 19.1 Å². The standard InChI is InChI=1S/C23H26ClN7O3/c1-2-10-26-14-6-9-16-17(11-14)31(29-22(16)23(25)34)13-21(33)30(15-7-8-15)12-20(32)28-19-5-3-4-18(24)27-19/h3-6,9,11,15,26H,2,7-8,10,12-13H2,1H3,(H2,25,34)(H,27,28,32). The van der Waals surface area contributed by atoms with Crippen LogP contribution in [0.2, 0.25) is 5.15 Å². The zero-order chi connectivity index (χ0) is 24.2. The highest BCUT2D eigenvalue weighted by molar-refractivity contribution is 6.29. The largest absolute Gasteiger partial charge is 0.385 e. The van der Waals surface area contributed by atoms with Crippen LogP contribution in [0.1, 0.15) is 36.7 Å². The van der Waals surface area contributed by atoms with Crippen LogP contribution in [0.15, 0.2) is 36.4 Å². The number of hydrogen-bond acceptors (Lipinski definition) is 6. The highest BCUT2D eigenvalue weighted by Crippen LogP contribution is 2.28. The molecule has 0 saturated heterocycles. The second-order valence-electron chi connectivity index (χ2n) is 8.18. The van der Waals surface area contributed by atoms with Gasteiger partial charge in [-0.1, -0.05) is 24.6 Å². The Morgan fingerprint density at radius 1 is 1.24 bits per heavy atom. The summed E-state index contributed by atoms with van der Waals surface area (Å²) in [6.07, 6.45) is 2.60. The summed E-state index contributed by atoms with van der Waals surface area (Å²) >= 11 is 5.87. The first-order chi connectivity index (χ1) is 16.4. The summed E-state index contributed by atoms with van der Waals surface area (Å²) in [4.78, 5) is 43.3. The number of halogens is 1. The van der Waals surface area contributed by atoms with Crippen LogP contribution in [0.3, 0.4) is 0 Å². The Bertz CT molecular complexity index is 1240. The van der Waals surface area contributed by atoms with Gasteiger partial charge in [-0.05, 0) is 49.6 Å². The minimum atomic E-state index is -0.669. The molecule has 3 amide bonds. The molecule has 11 heteroatoms. The fourth-order valence-corrected chi connectivity index (χ4v) is 3.86. The van der Waals surface area contributed by atoms with E-state index in [-0.39, 0.29) is 41.8 Å². The molecule has 1 aliphatic carbocycles. The molecule has 2 heterocycles. The first-order valence-electron chi connectivity index (χ1n) is 11.1. The average Bonchev–Trinajstić information content (AvgIpc) is 3.58. The molecule has 1 aliphatic rings. The van der Waals surface area contributed by atoms with Crippen molar-refractivity contribution in [2.75, 3.05) is 23.7 Å². The molecule has 0 atom stereocenters. The number of aromatic nitrogens is 3. The molecule has 178 valence electrons. The quantitative estimate of drug-likeness (QED) is 0.379. The molecule has 4 N–H and O–H groups in total. The number of rotatable bonds is 10. The molecule has 0 unspecified atom stereocenters. The van der Waals surface area contributed by atoms with Gasteiger partial charge in [0, 0.05) is 23.7 Å². The molecule has 1 saturated carbocycles. The number of benzene rings is 1. The normalized spacial score (nSPS) is 13.0. The lowest BCUT2D eigenvalue weighted by Gasteiger charge is -2.22. The molecule has 0 radical (unpaired) electrons. The van der Waals surface area contributed by atoms with Crippen molar-refractivity contribution in [1.29, 1.82) is 0 Å². The molecule has 34 heavy (non-hydrogen) atoms. The van der Waals surface area contributed by atoms with Gasteiger partial charge < -0.3 is 21.3 Å². The van der Waals surface area contributed by atoms with Crippen molar-refractivity contribution in [3.8, 4) is 0 Å². The van der Waals surface area contributed by atoms with E-state index >= 15 is 0 Å². The third-order valence-corrected chi connectivity index (χ3v) is 5.66. The summed E-state index contributed by atoms with van der Waals surface area (Å²) in [5.41, 5.74) is 7.09. The van der Waals surface area contributed by atoms with E-state index in [1.807, 2.05) is 12.1 Å². The fourth-order valence-electron chi connectivity index (χ4n) is 3.70. The Hall–Kier alpha value is -3.66. The maximum absolute atomic E-state index is 13.2. The summed E-state index contributed by atoms with van der Waals surface area (Å²) in [7, 11) is 0. The summed E-state index contributed by atoms with van der Waals surface area (Å²) in [5, 5.41) is 11.1. The lowest BCUT2D eigenvalue weighted by Crippen LogP contribution is -2.41. The molecule has 0 aliphatic heterocycles. The number of fused-ring (bicyclic) bond motifs is 1. The van der Waals surface area contributed by atoms with E-state index in [9.17, 15) is 14.4 Å². The Balaban J connectivity index is 1.53. The van der Waals surface area contributed by atoms with Gasteiger partial charge in [0.15, 0.2) is 5.69 Å². The van der Waals surface area contributed by atoms with E-state index in [1.165, 1.54) is 9.58 Å². The van der Waals surface area contributed by atoms with Gasteiger partial charge in [-0.2, -0.15) is 5.10 Å². The summed E-state index contributed by atoms with van der Waals surface area (Å²) in [6.45, 7) is 2.60. The minimum Gasteiger partial charge on any atom is -0.385 e. The Labute approximate surface area is 201 Å². The number of carbonyl (C=O) groups is 3. The SMILES string of the molecule is CCCNc1ccc2c(C(N)=O)nn(CC(=O)N(CC(=O)Nc3cccc(Cl)n3)C3CC3)c2c1. The lowest BCUT2D eigenvalue weighted by molar-refractivity contribution is -0.135. The van der Waals surface area contributed by atoms with Gasteiger partial charge in [-0.25, -0.2) is 4.98 Å². The molecule has 3 aromatic rings. The topological polar surface area (TPSA) is 135 Å². The van der Waals surface area contributed by atoms with Gasteiger partial charge in [0.25, 0.3) is 5.91 Å². The zero-order valence-electron chi connectivity index (χ0n) is 18.8.